The summed E-state index contributed by atoms with van der Waals surface area (Å²) in [5.74, 6) is -0.0208. The summed E-state index contributed by atoms with van der Waals surface area (Å²) in [6.07, 6.45) is 1.39. The number of likely N-dealkylation sites (tertiary alicyclic amines) is 1. The summed E-state index contributed by atoms with van der Waals surface area (Å²) < 4.78 is 16.5. The molecule has 2 aliphatic rings. The normalized spacial score (nSPS) is 20.7. The van der Waals surface area contributed by atoms with Gasteiger partial charge in [-0.05, 0) is 12.1 Å². The first-order valence-electron chi connectivity index (χ1n) is 7.15. The molecule has 3 rings (SSSR count). The van der Waals surface area contributed by atoms with E-state index < -0.39 is 5.79 Å². The first-order valence-corrected chi connectivity index (χ1v) is 7.15. The number of methoxy groups -OCH3 is 1. The van der Waals surface area contributed by atoms with Crippen LogP contribution in [0.5, 0.6) is 5.75 Å². The summed E-state index contributed by atoms with van der Waals surface area (Å²) in [5, 5.41) is 0. The van der Waals surface area contributed by atoms with Crippen LogP contribution in [0.3, 0.4) is 0 Å². The molecule has 0 bridgehead atoms. The van der Waals surface area contributed by atoms with Crippen molar-refractivity contribution >= 4 is 11.6 Å². The number of para-hydroxylation sites is 1. The van der Waals surface area contributed by atoms with Gasteiger partial charge >= 0.3 is 0 Å². The standard InChI is InChI=1S/C15H20N2O4/c1-19-12-4-2-3-11(13(12)16)14(18)17-7-5-15(6-8-17)20-9-10-21-15/h2-4H,5-10,16H2,1H3. The van der Waals surface area contributed by atoms with E-state index in [-0.39, 0.29) is 5.91 Å². The van der Waals surface area contributed by atoms with E-state index in [1.54, 1.807) is 30.2 Å². The van der Waals surface area contributed by atoms with E-state index in [9.17, 15) is 4.79 Å². The average molecular weight is 292 g/mol. The minimum Gasteiger partial charge on any atom is -0.495 e. The number of carbonyl (C=O) groups is 1. The molecule has 2 N–H and O–H groups in total. The molecule has 6 heteroatoms. The van der Waals surface area contributed by atoms with Gasteiger partial charge in [0.05, 0.1) is 31.6 Å². The van der Waals surface area contributed by atoms with Gasteiger partial charge in [0.25, 0.3) is 5.91 Å². The molecule has 2 heterocycles. The Labute approximate surface area is 123 Å². The van der Waals surface area contributed by atoms with Crippen molar-refractivity contribution in [3.05, 3.63) is 23.8 Å². The summed E-state index contributed by atoms with van der Waals surface area (Å²) in [4.78, 5) is 14.4. The molecule has 1 aromatic carbocycles. The fourth-order valence-corrected chi connectivity index (χ4v) is 2.92. The van der Waals surface area contributed by atoms with Crippen molar-refractivity contribution in [2.75, 3.05) is 39.1 Å². The lowest BCUT2D eigenvalue weighted by atomic mass is 10.0. The maximum Gasteiger partial charge on any atom is 0.256 e. The van der Waals surface area contributed by atoms with Gasteiger partial charge in [-0.2, -0.15) is 0 Å². The molecule has 2 aliphatic heterocycles. The number of carbonyl (C=O) groups excluding carboxylic acids is 1. The van der Waals surface area contributed by atoms with Gasteiger partial charge in [-0.25, -0.2) is 0 Å². The van der Waals surface area contributed by atoms with E-state index in [2.05, 4.69) is 0 Å². The van der Waals surface area contributed by atoms with Crippen LogP contribution in [-0.2, 0) is 9.47 Å². The summed E-state index contributed by atoms with van der Waals surface area (Å²) in [6.45, 7) is 2.48. The summed E-state index contributed by atoms with van der Waals surface area (Å²) in [6, 6.07) is 5.25. The van der Waals surface area contributed by atoms with E-state index in [1.807, 2.05) is 0 Å². The second kappa shape index (κ2) is 5.54. The third-order valence-electron chi connectivity index (χ3n) is 4.14. The van der Waals surface area contributed by atoms with Gasteiger partial charge in [0.15, 0.2) is 5.79 Å². The van der Waals surface area contributed by atoms with Gasteiger partial charge in [0, 0.05) is 25.9 Å². The topological polar surface area (TPSA) is 74.0 Å². The molecule has 0 radical (unpaired) electrons. The van der Waals surface area contributed by atoms with E-state index in [0.717, 1.165) is 0 Å². The van der Waals surface area contributed by atoms with Gasteiger partial charge < -0.3 is 24.8 Å². The Hall–Kier alpha value is -1.79. The molecular weight excluding hydrogens is 272 g/mol. The molecule has 2 saturated heterocycles. The number of anilines is 1. The van der Waals surface area contributed by atoms with Gasteiger partial charge in [0.1, 0.15) is 5.75 Å². The van der Waals surface area contributed by atoms with Crippen LogP contribution in [0, 0.1) is 0 Å². The second-order valence-electron chi connectivity index (χ2n) is 5.32. The van der Waals surface area contributed by atoms with Crippen LogP contribution >= 0.6 is 0 Å². The van der Waals surface area contributed by atoms with Gasteiger partial charge in [-0.3, -0.25) is 4.79 Å². The van der Waals surface area contributed by atoms with Crippen LogP contribution in [0.15, 0.2) is 18.2 Å². The molecule has 114 valence electrons. The number of nitrogen functional groups attached to an aromatic ring is 1. The SMILES string of the molecule is COc1cccc(C(=O)N2CCC3(CC2)OCCO3)c1N. The van der Waals surface area contributed by atoms with E-state index in [0.29, 0.717) is 56.1 Å². The van der Waals surface area contributed by atoms with Crippen LogP contribution in [0.25, 0.3) is 0 Å². The first-order chi connectivity index (χ1) is 10.2. The maximum atomic E-state index is 12.6. The van der Waals surface area contributed by atoms with Crippen molar-refractivity contribution in [1.82, 2.24) is 4.90 Å². The first kappa shape index (κ1) is 14.2. The highest BCUT2D eigenvalue weighted by Crippen LogP contribution is 2.33. The number of nitrogens with two attached hydrogens (primary N) is 1. The lowest BCUT2D eigenvalue weighted by molar-refractivity contribution is -0.181. The number of benzene rings is 1. The predicted molar refractivity (Wildman–Crippen MR) is 77.2 cm³/mol. The molecule has 6 nitrogen and oxygen atoms in total. The minimum atomic E-state index is -0.475. The molecule has 1 amide bonds. The van der Waals surface area contributed by atoms with Crippen LogP contribution in [0.1, 0.15) is 23.2 Å². The van der Waals surface area contributed by atoms with Crippen molar-refractivity contribution in [3.8, 4) is 5.75 Å². The summed E-state index contributed by atoms with van der Waals surface area (Å²) in [7, 11) is 1.54. The van der Waals surface area contributed by atoms with Crippen molar-refractivity contribution in [2.24, 2.45) is 0 Å². The third kappa shape index (κ3) is 2.56. The number of hydrogen-bond donors (Lipinski definition) is 1. The van der Waals surface area contributed by atoms with Crippen molar-refractivity contribution in [1.29, 1.82) is 0 Å². The number of ether oxygens (including phenoxy) is 3. The van der Waals surface area contributed by atoms with Crippen molar-refractivity contribution < 1.29 is 19.0 Å². The lowest BCUT2D eigenvalue weighted by Gasteiger charge is -2.37. The van der Waals surface area contributed by atoms with Crippen LogP contribution in [0.4, 0.5) is 5.69 Å². The molecule has 0 unspecified atom stereocenters. The van der Waals surface area contributed by atoms with Crippen LogP contribution in [-0.4, -0.2) is 50.0 Å². The quantitative estimate of drug-likeness (QED) is 0.831. The highest BCUT2D eigenvalue weighted by molar-refractivity contribution is 6.00. The zero-order valence-electron chi connectivity index (χ0n) is 12.1. The Balaban J connectivity index is 1.72. The molecule has 1 aromatic rings. The average Bonchev–Trinajstić information content (AvgIpc) is 2.96. The summed E-state index contributed by atoms with van der Waals surface area (Å²) in [5.41, 5.74) is 6.87. The minimum absolute atomic E-state index is 0.0701. The Morgan fingerprint density at radius 2 is 1.95 bits per heavy atom. The second-order valence-corrected chi connectivity index (χ2v) is 5.32. The highest BCUT2D eigenvalue weighted by Gasteiger charge is 2.41. The van der Waals surface area contributed by atoms with Gasteiger partial charge in [-0.15, -0.1) is 0 Å². The fraction of sp³-hybridized carbons (Fsp3) is 0.533. The molecule has 0 aliphatic carbocycles. The Bertz CT molecular complexity index is 530. The highest BCUT2D eigenvalue weighted by atomic mass is 16.7. The Morgan fingerprint density at radius 3 is 2.57 bits per heavy atom. The maximum absolute atomic E-state index is 12.6. The predicted octanol–water partition coefficient (Wildman–Crippen LogP) is 1.26. The van der Waals surface area contributed by atoms with Crippen LogP contribution < -0.4 is 10.5 Å². The van der Waals surface area contributed by atoms with Crippen LogP contribution in [0.2, 0.25) is 0 Å². The number of rotatable bonds is 2. The van der Waals surface area contributed by atoms with Crippen molar-refractivity contribution in [2.45, 2.75) is 18.6 Å². The van der Waals surface area contributed by atoms with E-state index >= 15 is 0 Å². The van der Waals surface area contributed by atoms with Gasteiger partial charge in [-0.1, -0.05) is 6.07 Å². The Kier molecular flexibility index (Phi) is 3.73. The molecule has 21 heavy (non-hydrogen) atoms. The van der Waals surface area contributed by atoms with E-state index in [4.69, 9.17) is 19.9 Å². The lowest BCUT2D eigenvalue weighted by Crippen LogP contribution is -2.47. The molecule has 0 aromatic heterocycles. The Morgan fingerprint density at radius 1 is 1.29 bits per heavy atom. The fourth-order valence-electron chi connectivity index (χ4n) is 2.92. The third-order valence-corrected chi connectivity index (χ3v) is 4.14. The van der Waals surface area contributed by atoms with Crippen molar-refractivity contribution in [3.63, 3.8) is 0 Å². The smallest absolute Gasteiger partial charge is 0.256 e. The van der Waals surface area contributed by atoms with Gasteiger partial charge in [0.2, 0.25) is 0 Å². The zero-order chi connectivity index (χ0) is 14.9. The van der Waals surface area contributed by atoms with E-state index in [1.165, 1.54) is 0 Å². The monoisotopic (exact) mass is 292 g/mol. The largest absolute Gasteiger partial charge is 0.495 e. The molecule has 0 atom stereocenters. The molecular formula is C15H20N2O4. The zero-order valence-corrected chi connectivity index (χ0v) is 12.1. The molecule has 1 spiro atoms. The number of nitrogens with zero attached hydrogens (tertiary/aromatic N) is 1. The molecule has 0 saturated carbocycles. The number of piperidine rings is 1. The summed E-state index contributed by atoms with van der Waals surface area (Å²) >= 11 is 0. The molecule has 2 fully saturated rings. The number of amides is 1. The number of hydrogen-bond acceptors (Lipinski definition) is 5.